The van der Waals surface area contributed by atoms with Crippen LogP contribution in [0.5, 0.6) is 0 Å². The SMILES string of the molecule is C[Si](C)=[Zr+2].Cc1cc2c([c-]c1C1C=CC=C1)Cc1ccccc1-2.[Cl-].[Cl-]. The van der Waals surface area contributed by atoms with Gasteiger partial charge in [0.15, 0.2) is 0 Å². The molecule has 128 valence electrons. The van der Waals surface area contributed by atoms with Gasteiger partial charge in [-0.15, -0.1) is 16.7 Å². The van der Waals surface area contributed by atoms with Crippen LogP contribution in [0.15, 0.2) is 54.6 Å². The Kier molecular flexibility index (Phi) is 9.12. The molecule has 0 fully saturated rings. The first-order chi connectivity index (χ1) is 11.1. The Morgan fingerprint density at radius 1 is 1.04 bits per heavy atom. The van der Waals surface area contributed by atoms with Gasteiger partial charge in [-0.05, 0) is 12.3 Å². The molecule has 0 bridgehead atoms. The zero-order valence-electron chi connectivity index (χ0n) is 14.7. The Morgan fingerprint density at radius 3 is 2.28 bits per heavy atom. The molecule has 2 aliphatic rings. The number of benzene rings is 2. The molecule has 2 aromatic rings. The van der Waals surface area contributed by atoms with Gasteiger partial charge in [0.2, 0.25) is 0 Å². The second kappa shape index (κ2) is 10.1. The first kappa shape index (κ1) is 22.6. The van der Waals surface area contributed by atoms with E-state index in [9.17, 15) is 0 Å². The average molecular weight is 464 g/mol. The average Bonchev–Trinajstić information content (AvgIpc) is 3.13. The summed E-state index contributed by atoms with van der Waals surface area (Å²) in [5.74, 6) is 0.411. The number of allylic oxidation sites excluding steroid dienone is 4. The molecule has 0 saturated heterocycles. The van der Waals surface area contributed by atoms with Crippen LogP contribution in [-0.2, 0) is 29.8 Å². The van der Waals surface area contributed by atoms with E-state index in [1.807, 2.05) is 0 Å². The summed E-state index contributed by atoms with van der Waals surface area (Å²) < 4.78 is 0. The van der Waals surface area contributed by atoms with Crippen molar-refractivity contribution in [1.29, 1.82) is 0 Å². The van der Waals surface area contributed by atoms with Crippen LogP contribution in [-0.4, -0.2) is 5.43 Å². The number of halogens is 2. The Morgan fingerprint density at radius 2 is 1.64 bits per heavy atom. The molecular weight excluding hydrogens is 442 g/mol. The molecule has 0 saturated carbocycles. The van der Waals surface area contributed by atoms with E-state index < -0.39 is 0 Å². The van der Waals surface area contributed by atoms with Gasteiger partial charge in [-0.3, -0.25) is 0 Å². The zero-order valence-corrected chi connectivity index (χ0v) is 19.7. The summed E-state index contributed by atoms with van der Waals surface area (Å²) in [5.41, 5.74) is 8.44. The summed E-state index contributed by atoms with van der Waals surface area (Å²) in [4.78, 5) is 0. The van der Waals surface area contributed by atoms with Crippen molar-refractivity contribution in [2.24, 2.45) is 0 Å². The fourth-order valence-corrected chi connectivity index (χ4v) is 3.19. The Balaban J connectivity index is 0.000000476. The monoisotopic (exact) mass is 461 g/mol. The molecule has 0 amide bonds. The number of hydrogen-bond acceptors (Lipinski definition) is 0. The summed E-state index contributed by atoms with van der Waals surface area (Å²) in [6.45, 7) is 6.82. The molecule has 0 unspecified atom stereocenters. The van der Waals surface area contributed by atoms with Crippen LogP contribution in [0.2, 0.25) is 13.1 Å². The first-order valence-corrected chi connectivity index (χ1v) is 14.3. The van der Waals surface area contributed by atoms with Crippen LogP contribution in [0.25, 0.3) is 11.1 Å². The van der Waals surface area contributed by atoms with E-state index in [2.05, 4.69) is 80.7 Å². The topological polar surface area (TPSA) is 0 Å². The molecule has 0 nitrogen and oxygen atoms in total. The van der Waals surface area contributed by atoms with Crippen molar-refractivity contribution < 1.29 is 48.1 Å². The fourth-order valence-electron chi connectivity index (χ4n) is 3.19. The minimum absolute atomic E-state index is 0. The van der Waals surface area contributed by atoms with Gasteiger partial charge in [0.05, 0.1) is 0 Å². The second-order valence-corrected chi connectivity index (χ2v) is 15.8. The molecule has 2 aromatic carbocycles. The van der Waals surface area contributed by atoms with Gasteiger partial charge in [0, 0.05) is 0 Å². The Labute approximate surface area is 179 Å². The van der Waals surface area contributed by atoms with Gasteiger partial charge < -0.3 is 24.8 Å². The molecule has 0 heterocycles. The van der Waals surface area contributed by atoms with Crippen molar-refractivity contribution in [2.45, 2.75) is 32.4 Å². The second-order valence-electron chi connectivity index (χ2n) is 6.39. The minimum Gasteiger partial charge on any atom is -1.00 e. The van der Waals surface area contributed by atoms with Crippen molar-refractivity contribution in [2.75, 3.05) is 0 Å². The van der Waals surface area contributed by atoms with E-state index in [0.29, 0.717) is 5.92 Å². The van der Waals surface area contributed by atoms with Crippen molar-refractivity contribution in [3.05, 3.63) is 83.0 Å². The third-order valence-electron chi connectivity index (χ3n) is 4.15. The normalized spacial score (nSPS) is 13.2. The summed E-state index contributed by atoms with van der Waals surface area (Å²) in [6, 6.07) is 14.7. The van der Waals surface area contributed by atoms with Crippen molar-refractivity contribution in [3.8, 4) is 11.1 Å². The van der Waals surface area contributed by atoms with Gasteiger partial charge in [0.25, 0.3) is 0 Å². The summed E-state index contributed by atoms with van der Waals surface area (Å²) in [5, 5.41) is 0. The van der Waals surface area contributed by atoms with Crippen LogP contribution >= 0.6 is 0 Å². The molecule has 4 rings (SSSR count). The van der Waals surface area contributed by atoms with E-state index in [-0.39, 0.29) is 30.2 Å². The van der Waals surface area contributed by atoms with Gasteiger partial charge in [-0.25, -0.2) is 0 Å². The standard InChI is InChI=1S/C19H15.C2H6Si.2ClH.Zr/c1-13-10-19-16(11-15-8-4-5-9-17(15)19)12-18(13)14-6-2-3-7-14;1-3-2;;;/h2-10,14H,11H2,1H3;1-2H3;2*1H;/q-1;;;;+2/p-2. The van der Waals surface area contributed by atoms with Crippen molar-refractivity contribution in [3.63, 3.8) is 0 Å². The molecule has 0 radical (unpaired) electrons. The molecule has 0 spiro atoms. The number of aryl methyl sites for hydroxylation is 1. The maximum absolute atomic E-state index is 3.68. The number of rotatable bonds is 1. The fraction of sp³-hybridized carbons (Fsp3) is 0.238. The summed E-state index contributed by atoms with van der Waals surface area (Å²) >= 11 is 1.74. The van der Waals surface area contributed by atoms with Crippen molar-refractivity contribution in [1.82, 2.24) is 0 Å². The van der Waals surface area contributed by atoms with Gasteiger partial charge in [0.1, 0.15) is 0 Å². The van der Waals surface area contributed by atoms with Crippen LogP contribution < -0.4 is 24.8 Å². The van der Waals surface area contributed by atoms with Gasteiger partial charge in [-0.1, -0.05) is 66.6 Å². The number of hydrogen-bond donors (Lipinski definition) is 0. The third-order valence-corrected chi connectivity index (χ3v) is 4.15. The summed E-state index contributed by atoms with van der Waals surface area (Å²) in [7, 11) is 0. The van der Waals surface area contributed by atoms with E-state index in [0.717, 1.165) is 6.42 Å². The minimum atomic E-state index is 0. The van der Waals surface area contributed by atoms with Gasteiger partial charge in [-0.2, -0.15) is 17.7 Å². The number of fused-ring (bicyclic) bond motifs is 3. The van der Waals surface area contributed by atoms with E-state index >= 15 is 0 Å². The smallest absolute Gasteiger partial charge is 0.00192 e. The predicted octanol–water partition coefficient (Wildman–Crippen LogP) is -0.632. The van der Waals surface area contributed by atoms with E-state index in [1.54, 1.807) is 23.3 Å². The third kappa shape index (κ3) is 5.30. The zero-order chi connectivity index (χ0) is 16.4. The molecule has 25 heavy (non-hydrogen) atoms. The Bertz CT molecular complexity index is 809. The van der Waals surface area contributed by atoms with Crippen LogP contribution in [0, 0.1) is 13.0 Å². The van der Waals surface area contributed by atoms with Crippen LogP contribution in [0.4, 0.5) is 0 Å². The molecule has 2 aliphatic carbocycles. The quantitative estimate of drug-likeness (QED) is 0.333. The molecular formula is C21H21Cl2SiZr-. The van der Waals surface area contributed by atoms with Crippen molar-refractivity contribution >= 4 is 5.43 Å². The molecule has 4 heteroatoms. The first-order valence-electron chi connectivity index (χ1n) is 8.07. The summed E-state index contributed by atoms with van der Waals surface area (Å²) in [6.07, 6.45) is 9.76. The van der Waals surface area contributed by atoms with Crippen LogP contribution in [0.3, 0.4) is 0 Å². The largest absolute Gasteiger partial charge is 1.00 e. The van der Waals surface area contributed by atoms with Gasteiger partial charge >= 0.3 is 41.9 Å². The molecule has 0 aliphatic heterocycles. The molecule has 0 N–H and O–H groups in total. The van der Waals surface area contributed by atoms with E-state index in [4.69, 9.17) is 0 Å². The maximum Gasteiger partial charge on any atom is -0.00192 e. The van der Waals surface area contributed by atoms with Crippen LogP contribution in [0.1, 0.15) is 28.2 Å². The predicted molar refractivity (Wildman–Crippen MR) is 96.8 cm³/mol. The van der Waals surface area contributed by atoms with E-state index in [1.165, 1.54) is 33.4 Å². The molecule has 0 aromatic heterocycles. The maximum atomic E-state index is 3.68. The molecule has 0 atom stereocenters. The Hall–Kier alpha value is -0.400.